The molecule has 0 N–H and O–H groups in total. The fourth-order valence-electron chi connectivity index (χ4n) is 2.78. The molecule has 5 nitrogen and oxygen atoms in total. The molecule has 4 aromatic rings. The molecule has 3 aromatic heterocycles. The highest BCUT2D eigenvalue weighted by atomic mass is 35.5. The van der Waals surface area contributed by atoms with Gasteiger partial charge >= 0.3 is 0 Å². The van der Waals surface area contributed by atoms with Crippen molar-refractivity contribution in [3.63, 3.8) is 0 Å². The third kappa shape index (κ3) is 5.09. The van der Waals surface area contributed by atoms with Crippen molar-refractivity contribution in [2.24, 2.45) is 0 Å². The number of thiophene rings is 1. The molecule has 3 heterocycles. The first-order valence-electron chi connectivity index (χ1n) is 8.74. The lowest BCUT2D eigenvalue weighted by molar-refractivity contribution is -0.114. The van der Waals surface area contributed by atoms with Gasteiger partial charge in [-0.05, 0) is 36.1 Å². The molecule has 29 heavy (non-hydrogen) atoms. The van der Waals surface area contributed by atoms with E-state index in [9.17, 15) is 9.18 Å². The average molecular weight is 449 g/mol. The zero-order valence-electron chi connectivity index (χ0n) is 15.3. The Morgan fingerprint density at radius 3 is 2.90 bits per heavy atom. The highest BCUT2D eigenvalue weighted by Gasteiger charge is 2.19. The fraction of sp³-hybridized carbons (Fsp3) is 0.150. The van der Waals surface area contributed by atoms with E-state index in [-0.39, 0.29) is 24.1 Å². The monoisotopic (exact) mass is 448 g/mol. The van der Waals surface area contributed by atoms with Gasteiger partial charge in [0.2, 0.25) is 0 Å². The minimum atomic E-state index is -0.375. The molecule has 0 saturated carbocycles. The first-order valence-corrected chi connectivity index (χ1v) is 10.4. The lowest BCUT2D eigenvalue weighted by Gasteiger charge is -2.18. The number of hydrogen-bond donors (Lipinski definition) is 0. The van der Waals surface area contributed by atoms with E-state index in [1.807, 2.05) is 34.3 Å². The largest absolute Gasteiger partial charge is 0.337 e. The number of aromatic nitrogens is 3. The van der Waals surface area contributed by atoms with Crippen molar-refractivity contribution in [3.05, 3.63) is 71.2 Å². The number of imidazole rings is 1. The van der Waals surface area contributed by atoms with Crippen LogP contribution < -0.4 is 4.90 Å². The molecule has 0 aliphatic rings. The van der Waals surface area contributed by atoms with Gasteiger partial charge in [-0.25, -0.2) is 14.4 Å². The summed E-state index contributed by atoms with van der Waals surface area (Å²) in [6.07, 6.45) is 9.43. The molecule has 0 fully saturated rings. The van der Waals surface area contributed by atoms with Gasteiger partial charge in [-0.2, -0.15) is 0 Å². The molecule has 0 saturated heterocycles. The minimum absolute atomic E-state index is 0. The van der Waals surface area contributed by atoms with Crippen LogP contribution in [0.3, 0.4) is 0 Å². The van der Waals surface area contributed by atoms with Crippen LogP contribution >= 0.6 is 35.1 Å². The first kappa shape index (κ1) is 21.2. The quantitative estimate of drug-likeness (QED) is 0.363. The second kappa shape index (κ2) is 9.78. The van der Waals surface area contributed by atoms with Crippen molar-refractivity contribution in [2.45, 2.75) is 13.0 Å². The molecule has 0 aliphatic heterocycles. The SMILES string of the molecule is Cl.O=C(C=Cc1cccs1)N(CCCn1ccnc1)c1nc2c(F)cccc2s1. The van der Waals surface area contributed by atoms with Crippen molar-refractivity contribution in [3.8, 4) is 0 Å². The lowest BCUT2D eigenvalue weighted by Crippen LogP contribution is -2.30. The van der Waals surface area contributed by atoms with Crippen molar-refractivity contribution >= 4 is 62.4 Å². The van der Waals surface area contributed by atoms with E-state index in [1.54, 1.807) is 47.0 Å². The number of carbonyl (C=O) groups excluding carboxylic acids is 1. The van der Waals surface area contributed by atoms with Crippen LogP contribution in [0.25, 0.3) is 16.3 Å². The van der Waals surface area contributed by atoms with Crippen LogP contribution in [0, 0.1) is 5.82 Å². The number of thiazole rings is 1. The van der Waals surface area contributed by atoms with Gasteiger partial charge in [-0.15, -0.1) is 23.7 Å². The summed E-state index contributed by atoms with van der Waals surface area (Å²) in [4.78, 5) is 23.9. The van der Waals surface area contributed by atoms with Gasteiger partial charge in [0, 0.05) is 36.4 Å². The number of amides is 1. The molecule has 150 valence electrons. The second-order valence-corrected chi connectivity index (χ2v) is 8.06. The topological polar surface area (TPSA) is 51.0 Å². The Balaban J connectivity index is 0.00000240. The first-order chi connectivity index (χ1) is 13.7. The summed E-state index contributed by atoms with van der Waals surface area (Å²) in [5.74, 6) is -0.543. The van der Waals surface area contributed by atoms with E-state index in [2.05, 4.69) is 9.97 Å². The molecule has 0 bridgehead atoms. The van der Waals surface area contributed by atoms with Crippen LogP contribution in [0.2, 0.25) is 0 Å². The van der Waals surface area contributed by atoms with Gasteiger partial charge in [0.25, 0.3) is 5.91 Å². The molecule has 0 unspecified atom stereocenters. The number of carbonyl (C=O) groups is 1. The van der Waals surface area contributed by atoms with E-state index in [0.717, 1.165) is 22.5 Å². The number of halogens is 2. The molecule has 0 spiro atoms. The molecule has 4 rings (SSSR count). The number of rotatable bonds is 7. The van der Waals surface area contributed by atoms with E-state index in [1.165, 1.54) is 17.4 Å². The average Bonchev–Trinajstić information content (AvgIpc) is 3.45. The Morgan fingerprint density at radius 2 is 2.17 bits per heavy atom. The molecule has 1 aromatic carbocycles. The highest BCUT2D eigenvalue weighted by Crippen LogP contribution is 2.30. The number of fused-ring (bicyclic) bond motifs is 1. The smallest absolute Gasteiger partial charge is 0.252 e. The van der Waals surface area contributed by atoms with Crippen molar-refractivity contribution in [1.29, 1.82) is 0 Å². The fourth-order valence-corrected chi connectivity index (χ4v) is 4.41. The number of para-hydroxylation sites is 1. The third-order valence-electron chi connectivity index (χ3n) is 4.15. The molecular formula is C20H18ClFN4OS2. The molecule has 9 heteroatoms. The second-order valence-electron chi connectivity index (χ2n) is 6.08. The third-order valence-corrected chi connectivity index (χ3v) is 6.03. The molecule has 0 radical (unpaired) electrons. The van der Waals surface area contributed by atoms with Gasteiger partial charge in [0.05, 0.1) is 11.0 Å². The summed E-state index contributed by atoms with van der Waals surface area (Å²) in [5, 5.41) is 2.47. The van der Waals surface area contributed by atoms with Gasteiger partial charge in [0.15, 0.2) is 5.13 Å². The summed E-state index contributed by atoms with van der Waals surface area (Å²) in [7, 11) is 0. The zero-order chi connectivity index (χ0) is 19.3. The predicted octanol–water partition coefficient (Wildman–Crippen LogP) is 5.25. The van der Waals surface area contributed by atoms with E-state index >= 15 is 0 Å². The maximum absolute atomic E-state index is 14.1. The Hall–Kier alpha value is -2.55. The van der Waals surface area contributed by atoms with Crippen LogP contribution in [0.1, 0.15) is 11.3 Å². The summed E-state index contributed by atoms with van der Waals surface area (Å²) >= 11 is 2.89. The maximum atomic E-state index is 14.1. The van der Waals surface area contributed by atoms with Crippen LogP contribution in [0.5, 0.6) is 0 Å². The van der Waals surface area contributed by atoms with Crippen LogP contribution in [0.15, 0.2) is 60.5 Å². The number of nitrogens with zero attached hydrogens (tertiary/aromatic N) is 4. The normalized spacial score (nSPS) is 11.1. The van der Waals surface area contributed by atoms with E-state index < -0.39 is 0 Å². The van der Waals surface area contributed by atoms with Crippen molar-refractivity contribution in [2.75, 3.05) is 11.4 Å². The Bertz CT molecular complexity index is 1090. The molecular weight excluding hydrogens is 431 g/mol. The summed E-state index contributed by atoms with van der Waals surface area (Å²) in [5.41, 5.74) is 0.303. The van der Waals surface area contributed by atoms with E-state index in [0.29, 0.717) is 17.2 Å². The van der Waals surface area contributed by atoms with Crippen molar-refractivity contribution in [1.82, 2.24) is 14.5 Å². The maximum Gasteiger partial charge on any atom is 0.252 e. The van der Waals surface area contributed by atoms with Crippen LogP contribution in [-0.2, 0) is 11.3 Å². The molecule has 0 aliphatic carbocycles. The summed E-state index contributed by atoms with van der Waals surface area (Å²) in [6.45, 7) is 1.21. The Labute approximate surface area is 181 Å². The number of anilines is 1. The number of hydrogen-bond acceptors (Lipinski definition) is 5. The van der Waals surface area contributed by atoms with E-state index in [4.69, 9.17) is 0 Å². The summed E-state index contributed by atoms with van der Waals surface area (Å²) < 4.78 is 16.7. The van der Waals surface area contributed by atoms with Crippen LogP contribution in [0.4, 0.5) is 9.52 Å². The highest BCUT2D eigenvalue weighted by molar-refractivity contribution is 7.22. The predicted molar refractivity (Wildman–Crippen MR) is 119 cm³/mol. The van der Waals surface area contributed by atoms with Gasteiger partial charge in [-0.1, -0.05) is 23.5 Å². The van der Waals surface area contributed by atoms with Gasteiger partial charge < -0.3 is 4.57 Å². The van der Waals surface area contributed by atoms with Gasteiger partial charge in [-0.3, -0.25) is 9.69 Å². The lowest BCUT2D eigenvalue weighted by atomic mass is 10.3. The minimum Gasteiger partial charge on any atom is -0.337 e. The van der Waals surface area contributed by atoms with Gasteiger partial charge in [0.1, 0.15) is 11.3 Å². The molecule has 1 amide bonds. The Kier molecular flexibility index (Phi) is 7.13. The van der Waals surface area contributed by atoms with Crippen molar-refractivity contribution < 1.29 is 9.18 Å². The Morgan fingerprint density at radius 1 is 1.28 bits per heavy atom. The molecule has 0 atom stereocenters. The summed E-state index contributed by atoms with van der Waals surface area (Å²) in [6, 6.07) is 8.74. The number of benzene rings is 1. The van der Waals surface area contributed by atoms with Crippen LogP contribution in [-0.4, -0.2) is 27.0 Å². The zero-order valence-corrected chi connectivity index (χ0v) is 17.7. The number of aryl methyl sites for hydroxylation is 1. The standard InChI is InChI=1S/C20H17FN4OS2.ClH/c21-16-5-1-6-17-19(16)23-20(28-17)25(11-3-10-24-12-9-22-14-24)18(26)8-7-15-4-2-13-27-15;/h1-2,4-9,12-14H,3,10-11H2;1H.